The lowest BCUT2D eigenvalue weighted by Crippen LogP contribution is -2.21. The lowest BCUT2D eigenvalue weighted by atomic mass is 9.90. The van der Waals surface area contributed by atoms with Crippen LogP contribution in [-0.4, -0.2) is 21.1 Å². The molecule has 0 bridgehead atoms. The molecule has 0 saturated heterocycles. The number of allylic oxidation sites excluding steroid dienone is 4. The first kappa shape index (κ1) is 22.5. The Hall–Kier alpha value is -3.21. The first-order valence-electron chi connectivity index (χ1n) is 10.5. The molecule has 0 fully saturated rings. The van der Waals surface area contributed by atoms with Crippen molar-refractivity contribution in [2.45, 2.75) is 59.5 Å². The van der Waals surface area contributed by atoms with E-state index in [0.717, 1.165) is 35.6 Å². The number of ketones is 1. The van der Waals surface area contributed by atoms with E-state index < -0.39 is 6.10 Å². The predicted octanol–water partition coefficient (Wildman–Crippen LogP) is 6.05. The highest BCUT2D eigenvalue weighted by Crippen LogP contribution is 2.43. The Morgan fingerprint density at radius 1 is 1.13 bits per heavy atom. The first-order chi connectivity index (χ1) is 14.7. The molecule has 2 aromatic rings. The third-order valence-electron chi connectivity index (χ3n) is 5.60. The van der Waals surface area contributed by atoms with Gasteiger partial charge in [-0.25, -0.2) is 0 Å². The Bertz CT molecular complexity index is 1060. The summed E-state index contributed by atoms with van der Waals surface area (Å²) in [6.07, 6.45) is 6.18. The van der Waals surface area contributed by atoms with E-state index in [0.29, 0.717) is 6.42 Å². The summed E-state index contributed by atoms with van der Waals surface area (Å²) < 4.78 is 6.00. The highest BCUT2D eigenvalue weighted by molar-refractivity contribution is 6.02. The minimum atomic E-state index is -0.609. The maximum absolute atomic E-state index is 12.7. The Morgan fingerprint density at radius 3 is 2.58 bits per heavy atom. The van der Waals surface area contributed by atoms with Gasteiger partial charge in [0.05, 0.1) is 6.42 Å². The summed E-state index contributed by atoms with van der Waals surface area (Å²) in [4.78, 5) is 12.7. The van der Waals surface area contributed by atoms with Gasteiger partial charge in [-0.1, -0.05) is 35.4 Å². The van der Waals surface area contributed by atoms with E-state index in [9.17, 15) is 20.1 Å². The maximum atomic E-state index is 12.7. The molecule has 0 unspecified atom stereocenters. The smallest absolute Gasteiger partial charge is 0.174 e. The third-order valence-corrected chi connectivity index (χ3v) is 5.60. The van der Waals surface area contributed by atoms with E-state index in [1.165, 1.54) is 17.2 Å². The Morgan fingerprint density at radius 2 is 1.87 bits per heavy atom. The van der Waals surface area contributed by atoms with Crippen LogP contribution in [0.25, 0.3) is 0 Å². The summed E-state index contributed by atoms with van der Waals surface area (Å²) in [5, 5.41) is 30.6. The summed E-state index contributed by atoms with van der Waals surface area (Å²) in [6, 6.07) is 6.15. The summed E-state index contributed by atoms with van der Waals surface area (Å²) >= 11 is 0. The fourth-order valence-corrected chi connectivity index (χ4v) is 3.85. The van der Waals surface area contributed by atoms with Crippen LogP contribution in [0, 0.1) is 6.92 Å². The van der Waals surface area contributed by atoms with E-state index in [-0.39, 0.29) is 40.8 Å². The van der Waals surface area contributed by atoms with Gasteiger partial charge >= 0.3 is 0 Å². The van der Waals surface area contributed by atoms with Crippen molar-refractivity contribution in [3.63, 3.8) is 0 Å². The Labute approximate surface area is 183 Å². The van der Waals surface area contributed by atoms with Gasteiger partial charge in [0.25, 0.3) is 0 Å². The fraction of sp³-hybridized carbons (Fsp3) is 0.346. The van der Waals surface area contributed by atoms with Crippen molar-refractivity contribution in [2.24, 2.45) is 0 Å². The molecule has 0 spiro atoms. The number of carbonyl (C=O) groups is 1. The Kier molecular flexibility index (Phi) is 6.74. The Balaban J connectivity index is 1.91. The minimum absolute atomic E-state index is 0.0457. The van der Waals surface area contributed by atoms with Crippen LogP contribution >= 0.6 is 0 Å². The van der Waals surface area contributed by atoms with Crippen molar-refractivity contribution in [2.75, 3.05) is 0 Å². The van der Waals surface area contributed by atoms with Crippen LogP contribution in [0.15, 0.2) is 47.6 Å². The van der Waals surface area contributed by atoms with Crippen LogP contribution in [0.3, 0.4) is 0 Å². The summed E-state index contributed by atoms with van der Waals surface area (Å²) in [7, 11) is 0. The van der Waals surface area contributed by atoms with Gasteiger partial charge in [-0.15, -0.1) is 0 Å². The van der Waals surface area contributed by atoms with Crippen LogP contribution in [0.1, 0.15) is 73.2 Å². The molecule has 1 heterocycles. The van der Waals surface area contributed by atoms with Crippen LogP contribution in [-0.2, 0) is 6.42 Å². The van der Waals surface area contributed by atoms with Crippen LogP contribution in [0.4, 0.5) is 0 Å². The van der Waals surface area contributed by atoms with Gasteiger partial charge in [0.1, 0.15) is 34.7 Å². The molecule has 0 radical (unpaired) electrons. The number of ether oxygens (including phenoxy) is 1. The number of aryl methyl sites for hydroxylation is 1. The zero-order valence-electron chi connectivity index (χ0n) is 18.5. The van der Waals surface area contributed by atoms with Gasteiger partial charge < -0.3 is 20.1 Å². The number of phenolic OH excluding ortho intramolecular Hbond substituents is 3. The average Bonchev–Trinajstić information content (AvgIpc) is 2.67. The average molecular weight is 423 g/mol. The van der Waals surface area contributed by atoms with Crippen molar-refractivity contribution in [1.82, 2.24) is 0 Å². The van der Waals surface area contributed by atoms with Crippen molar-refractivity contribution in [3.05, 3.63) is 69.8 Å². The molecule has 1 atom stereocenters. The molecule has 0 saturated carbocycles. The molecule has 5 heteroatoms. The number of rotatable bonds is 6. The highest BCUT2D eigenvalue weighted by Gasteiger charge is 2.32. The van der Waals surface area contributed by atoms with Gasteiger partial charge in [-0.05, 0) is 58.1 Å². The highest BCUT2D eigenvalue weighted by atomic mass is 16.5. The maximum Gasteiger partial charge on any atom is 0.174 e. The second-order valence-electron chi connectivity index (χ2n) is 8.45. The molecular formula is C26H30O5. The third kappa shape index (κ3) is 5.10. The number of hydrogen-bond acceptors (Lipinski definition) is 5. The van der Waals surface area contributed by atoms with Gasteiger partial charge in [0.2, 0.25) is 0 Å². The zero-order chi connectivity index (χ0) is 22.7. The lowest BCUT2D eigenvalue weighted by molar-refractivity contribution is 0.0843. The van der Waals surface area contributed by atoms with E-state index in [4.69, 9.17) is 4.74 Å². The molecular weight excluding hydrogens is 392 g/mol. The number of hydrogen-bond donors (Lipinski definition) is 3. The summed E-state index contributed by atoms with van der Waals surface area (Å²) in [6.45, 7) is 8.08. The SMILES string of the molecule is CC(C)=CCC/C(C)=C/Cc1c([C@@H]2CC(=O)c3c(O)cc(O)cc3O2)ccc(C)c1O. The van der Waals surface area contributed by atoms with E-state index in [2.05, 4.69) is 32.9 Å². The summed E-state index contributed by atoms with van der Waals surface area (Å²) in [5.74, 6) is -0.375. The molecule has 0 amide bonds. The number of phenols is 3. The van der Waals surface area contributed by atoms with Crippen LogP contribution < -0.4 is 4.74 Å². The normalized spacial score (nSPS) is 15.9. The summed E-state index contributed by atoms with van der Waals surface area (Å²) in [5.41, 5.74) is 4.83. The quantitative estimate of drug-likeness (QED) is 0.493. The second kappa shape index (κ2) is 9.29. The van der Waals surface area contributed by atoms with Crippen molar-refractivity contribution in [3.8, 4) is 23.0 Å². The van der Waals surface area contributed by atoms with Crippen molar-refractivity contribution in [1.29, 1.82) is 0 Å². The second-order valence-corrected chi connectivity index (χ2v) is 8.45. The van der Waals surface area contributed by atoms with E-state index in [1.807, 2.05) is 19.1 Å². The lowest BCUT2D eigenvalue weighted by Gasteiger charge is -2.28. The zero-order valence-corrected chi connectivity index (χ0v) is 18.5. The minimum Gasteiger partial charge on any atom is -0.508 e. The van der Waals surface area contributed by atoms with E-state index >= 15 is 0 Å². The van der Waals surface area contributed by atoms with Gasteiger partial charge in [-0.2, -0.15) is 0 Å². The number of aromatic hydroxyl groups is 3. The molecule has 1 aliphatic rings. The van der Waals surface area contributed by atoms with Crippen molar-refractivity contribution < 1.29 is 24.9 Å². The van der Waals surface area contributed by atoms with Crippen LogP contribution in [0.5, 0.6) is 23.0 Å². The molecule has 3 N–H and O–H groups in total. The largest absolute Gasteiger partial charge is 0.508 e. The monoisotopic (exact) mass is 422 g/mol. The fourth-order valence-electron chi connectivity index (χ4n) is 3.85. The molecule has 0 aliphatic carbocycles. The van der Waals surface area contributed by atoms with E-state index in [1.54, 1.807) is 0 Å². The molecule has 0 aromatic heterocycles. The standard InChI is InChI=1S/C26H30O5/c1-15(2)6-5-7-16(3)8-10-20-19(11-9-17(4)26(20)30)23-14-22(29)25-21(28)12-18(27)13-24(25)31-23/h6,8-9,11-13,23,27-28,30H,5,7,10,14H2,1-4H3/b16-8+/t23-/m0/s1. The van der Waals surface area contributed by atoms with Crippen molar-refractivity contribution >= 4 is 5.78 Å². The topological polar surface area (TPSA) is 87.0 Å². The molecule has 5 nitrogen and oxygen atoms in total. The molecule has 164 valence electrons. The number of Topliss-reactive ketones (excluding diaryl/α,β-unsaturated/α-hetero) is 1. The van der Waals surface area contributed by atoms with Crippen LogP contribution in [0.2, 0.25) is 0 Å². The molecule has 2 aromatic carbocycles. The molecule has 1 aliphatic heterocycles. The molecule has 3 rings (SSSR count). The molecule has 31 heavy (non-hydrogen) atoms. The van der Waals surface area contributed by atoms with Gasteiger partial charge in [-0.3, -0.25) is 4.79 Å². The van der Waals surface area contributed by atoms with Gasteiger partial charge in [0.15, 0.2) is 5.78 Å². The van der Waals surface area contributed by atoms with Gasteiger partial charge in [0, 0.05) is 17.7 Å². The number of benzene rings is 2. The first-order valence-corrected chi connectivity index (χ1v) is 10.5. The number of carbonyl (C=O) groups excluding carboxylic acids is 1. The number of fused-ring (bicyclic) bond motifs is 1. The predicted molar refractivity (Wildman–Crippen MR) is 121 cm³/mol.